The molecule has 4 atom stereocenters. The summed E-state index contributed by atoms with van der Waals surface area (Å²) in [5, 5.41) is 0. The van der Waals surface area contributed by atoms with Gasteiger partial charge in [-0.3, -0.25) is 0 Å². The minimum atomic E-state index is -0.275. The van der Waals surface area contributed by atoms with Crippen molar-refractivity contribution in [2.45, 2.75) is 57.2 Å². The zero-order chi connectivity index (χ0) is 16.4. The van der Waals surface area contributed by atoms with Gasteiger partial charge < -0.3 is 14.2 Å². The first-order chi connectivity index (χ1) is 11.7. The van der Waals surface area contributed by atoms with E-state index in [1.54, 1.807) is 12.7 Å². The Kier molecular flexibility index (Phi) is 3.31. The van der Waals surface area contributed by atoms with E-state index in [1.165, 1.54) is 37.7 Å². The number of benzene rings is 1. The summed E-state index contributed by atoms with van der Waals surface area (Å²) < 4.78 is 17.9. The lowest BCUT2D eigenvalue weighted by molar-refractivity contribution is -0.237. The molecule has 130 valence electrons. The number of fused-ring (bicyclic) bond motifs is 6. The molecule has 0 bridgehead atoms. The van der Waals surface area contributed by atoms with E-state index in [2.05, 4.69) is 25.1 Å². The minimum absolute atomic E-state index is 0.203. The fourth-order valence-electron chi connectivity index (χ4n) is 6.57. The van der Waals surface area contributed by atoms with E-state index in [0.717, 1.165) is 37.2 Å². The van der Waals surface area contributed by atoms with Gasteiger partial charge in [0.15, 0.2) is 5.79 Å². The van der Waals surface area contributed by atoms with Crippen LogP contribution >= 0.6 is 0 Å². The first kappa shape index (κ1) is 15.2. The zero-order valence-electron chi connectivity index (χ0n) is 14.8. The van der Waals surface area contributed by atoms with E-state index < -0.39 is 0 Å². The SMILES string of the molecule is COc1ccc2c(c1)CCC1C2CC[C@@]2(C)[C@H]1CCC21OCCO1. The minimum Gasteiger partial charge on any atom is -0.497 e. The van der Waals surface area contributed by atoms with Crippen molar-refractivity contribution in [2.75, 3.05) is 20.3 Å². The van der Waals surface area contributed by atoms with E-state index in [4.69, 9.17) is 14.2 Å². The molecule has 1 heterocycles. The van der Waals surface area contributed by atoms with Crippen molar-refractivity contribution in [3.63, 3.8) is 0 Å². The molecular formula is C21H28O3. The molecule has 1 saturated heterocycles. The van der Waals surface area contributed by atoms with Crippen molar-refractivity contribution in [3.8, 4) is 5.75 Å². The third kappa shape index (κ3) is 1.86. The lowest BCUT2D eigenvalue weighted by atomic mass is 9.55. The van der Waals surface area contributed by atoms with E-state index in [-0.39, 0.29) is 11.2 Å². The number of methoxy groups -OCH3 is 1. The molecule has 1 aromatic carbocycles. The number of aryl methyl sites for hydroxylation is 1. The van der Waals surface area contributed by atoms with Crippen LogP contribution in [0.5, 0.6) is 5.75 Å². The lowest BCUT2D eigenvalue weighted by Gasteiger charge is -2.52. The van der Waals surface area contributed by atoms with Gasteiger partial charge >= 0.3 is 0 Å². The maximum absolute atomic E-state index is 6.21. The van der Waals surface area contributed by atoms with Crippen LogP contribution in [0, 0.1) is 17.3 Å². The van der Waals surface area contributed by atoms with Crippen molar-refractivity contribution >= 4 is 0 Å². The highest BCUT2D eigenvalue weighted by Gasteiger charge is 2.64. The fourth-order valence-corrected chi connectivity index (χ4v) is 6.57. The second kappa shape index (κ2) is 5.22. The Morgan fingerprint density at radius 1 is 1.08 bits per heavy atom. The highest BCUT2D eigenvalue weighted by molar-refractivity contribution is 5.40. The molecule has 3 fully saturated rings. The molecule has 3 heteroatoms. The van der Waals surface area contributed by atoms with Crippen LogP contribution < -0.4 is 4.74 Å². The summed E-state index contributed by atoms with van der Waals surface area (Å²) in [7, 11) is 1.76. The Labute approximate surface area is 144 Å². The molecule has 3 nitrogen and oxygen atoms in total. The summed E-state index contributed by atoms with van der Waals surface area (Å²) in [5.41, 5.74) is 3.30. The molecule has 0 aromatic heterocycles. The molecular weight excluding hydrogens is 300 g/mol. The summed E-state index contributed by atoms with van der Waals surface area (Å²) in [5.74, 6) is 2.97. The molecule has 4 aliphatic rings. The van der Waals surface area contributed by atoms with Crippen LogP contribution in [0.1, 0.15) is 56.1 Å². The third-order valence-corrected chi connectivity index (χ3v) is 7.73. The Morgan fingerprint density at radius 3 is 2.71 bits per heavy atom. The topological polar surface area (TPSA) is 27.7 Å². The van der Waals surface area contributed by atoms with E-state index in [0.29, 0.717) is 5.92 Å². The molecule has 0 radical (unpaired) electrons. The van der Waals surface area contributed by atoms with Crippen molar-refractivity contribution in [1.82, 2.24) is 0 Å². The van der Waals surface area contributed by atoms with Crippen molar-refractivity contribution in [3.05, 3.63) is 29.3 Å². The van der Waals surface area contributed by atoms with E-state index in [9.17, 15) is 0 Å². The van der Waals surface area contributed by atoms with Gasteiger partial charge in [-0.15, -0.1) is 0 Å². The van der Waals surface area contributed by atoms with Crippen molar-refractivity contribution in [2.24, 2.45) is 17.3 Å². The molecule has 2 saturated carbocycles. The highest BCUT2D eigenvalue weighted by atomic mass is 16.7. The van der Waals surface area contributed by atoms with E-state index >= 15 is 0 Å². The molecule has 0 N–H and O–H groups in total. The maximum atomic E-state index is 6.21. The van der Waals surface area contributed by atoms with Crippen LogP contribution in [0.3, 0.4) is 0 Å². The summed E-state index contributed by atoms with van der Waals surface area (Å²) >= 11 is 0. The lowest BCUT2D eigenvalue weighted by Crippen LogP contribution is -2.51. The second-order valence-corrected chi connectivity index (χ2v) is 8.42. The predicted molar refractivity (Wildman–Crippen MR) is 92.2 cm³/mol. The van der Waals surface area contributed by atoms with Gasteiger partial charge in [-0.05, 0) is 73.1 Å². The zero-order valence-corrected chi connectivity index (χ0v) is 14.8. The van der Waals surface area contributed by atoms with Gasteiger partial charge in [0.25, 0.3) is 0 Å². The molecule has 2 unspecified atom stereocenters. The van der Waals surface area contributed by atoms with Crippen LogP contribution in [0.25, 0.3) is 0 Å². The number of ether oxygens (including phenoxy) is 3. The summed E-state index contributed by atoms with van der Waals surface area (Å²) in [4.78, 5) is 0. The standard InChI is InChI=1S/C21H28O3/c1-20-9-7-17-16-6-4-15(22-2)13-14(16)3-5-18(17)19(20)8-10-21(20)23-11-12-24-21/h4,6,13,17-19H,3,5,7-12H2,1-2H3/t17?,18?,19-,20-/m0/s1. The normalized spacial score (nSPS) is 39.3. The van der Waals surface area contributed by atoms with Crippen LogP contribution in [-0.2, 0) is 15.9 Å². The molecule has 1 aliphatic heterocycles. The average Bonchev–Trinajstić information content (AvgIpc) is 3.21. The van der Waals surface area contributed by atoms with Gasteiger partial charge in [0.1, 0.15) is 5.75 Å². The number of hydrogen-bond donors (Lipinski definition) is 0. The summed E-state index contributed by atoms with van der Waals surface area (Å²) in [6.07, 6.45) is 7.35. The highest BCUT2D eigenvalue weighted by Crippen LogP contribution is 2.66. The van der Waals surface area contributed by atoms with Gasteiger partial charge in [-0.2, -0.15) is 0 Å². The van der Waals surface area contributed by atoms with Crippen molar-refractivity contribution in [1.29, 1.82) is 0 Å². The number of rotatable bonds is 1. The van der Waals surface area contributed by atoms with Gasteiger partial charge in [-0.1, -0.05) is 13.0 Å². The van der Waals surface area contributed by atoms with Crippen LogP contribution in [0.15, 0.2) is 18.2 Å². The monoisotopic (exact) mass is 328 g/mol. The largest absolute Gasteiger partial charge is 0.497 e. The molecule has 1 spiro atoms. The Hall–Kier alpha value is -1.06. The Morgan fingerprint density at radius 2 is 1.92 bits per heavy atom. The third-order valence-electron chi connectivity index (χ3n) is 7.73. The van der Waals surface area contributed by atoms with Gasteiger partial charge in [0, 0.05) is 11.8 Å². The maximum Gasteiger partial charge on any atom is 0.174 e. The van der Waals surface area contributed by atoms with Gasteiger partial charge in [0.2, 0.25) is 0 Å². The quantitative estimate of drug-likeness (QED) is 0.769. The first-order valence-electron chi connectivity index (χ1n) is 9.62. The molecule has 1 aromatic rings. The molecule has 5 rings (SSSR count). The summed E-state index contributed by atoms with van der Waals surface area (Å²) in [6, 6.07) is 6.74. The van der Waals surface area contributed by atoms with Crippen LogP contribution in [0.4, 0.5) is 0 Å². The van der Waals surface area contributed by atoms with E-state index in [1.807, 2.05) is 0 Å². The van der Waals surface area contributed by atoms with Gasteiger partial charge in [0.05, 0.1) is 20.3 Å². The average molecular weight is 328 g/mol. The second-order valence-electron chi connectivity index (χ2n) is 8.42. The predicted octanol–water partition coefficient (Wildman–Crippen LogP) is 4.29. The smallest absolute Gasteiger partial charge is 0.174 e. The molecule has 0 amide bonds. The molecule has 3 aliphatic carbocycles. The summed E-state index contributed by atoms with van der Waals surface area (Å²) in [6.45, 7) is 4.01. The van der Waals surface area contributed by atoms with Crippen molar-refractivity contribution < 1.29 is 14.2 Å². The Balaban J connectivity index is 1.49. The number of hydrogen-bond acceptors (Lipinski definition) is 3. The Bertz CT molecular complexity index is 648. The van der Waals surface area contributed by atoms with Gasteiger partial charge in [-0.25, -0.2) is 0 Å². The van der Waals surface area contributed by atoms with Crippen LogP contribution in [0.2, 0.25) is 0 Å². The fraction of sp³-hybridized carbons (Fsp3) is 0.714. The molecule has 24 heavy (non-hydrogen) atoms. The van der Waals surface area contributed by atoms with Crippen LogP contribution in [-0.4, -0.2) is 26.1 Å². The first-order valence-corrected chi connectivity index (χ1v) is 9.62.